The molecule has 0 saturated heterocycles. The number of carboxylic acids is 1. The van der Waals surface area contributed by atoms with Crippen molar-refractivity contribution in [3.05, 3.63) is 22.2 Å². The van der Waals surface area contributed by atoms with Crippen LogP contribution in [0, 0.1) is 0 Å². The van der Waals surface area contributed by atoms with Gasteiger partial charge in [-0.25, -0.2) is 0 Å². The van der Waals surface area contributed by atoms with Gasteiger partial charge < -0.3 is 19.5 Å². The predicted octanol–water partition coefficient (Wildman–Crippen LogP) is 3.36. The van der Waals surface area contributed by atoms with Crippen molar-refractivity contribution < 1.29 is 28.2 Å². The number of ether oxygens (including phenoxy) is 2. The van der Waals surface area contributed by atoms with Gasteiger partial charge in [0.2, 0.25) is 0 Å². The monoisotopic (exact) mass is 381 g/mol. The van der Waals surface area contributed by atoms with Gasteiger partial charge in [-0.3, -0.25) is 4.79 Å². The summed E-state index contributed by atoms with van der Waals surface area (Å²) in [5.41, 5.74) is 0.796. The summed E-state index contributed by atoms with van der Waals surface area (Å²) in [6.07, 6.45) is 0.0303. The van der Waals surface area contributed by atoms with Gasteiger partial charge >= 0.3 is 12.6 Å². The van der Waals surface area contributed by atoms with E-state index in [4.69, 9.17) is 9.84 Å². The molecule has 0 aromatic heterocycles. The molecule has 0 atom stereocenters. The van der Waals surface area contributed by atoms with E-state index in [0.29, 0.717) is 24.2 Å². The molecule has 0 amide bonds. The Balaban J connectivity index is 2.90. The second-order valence-corrected chi connectivity index (χ2v) is 5.45. The van der Waals surface area contributed by atoms with Crippen molar-refractivity contribution in [3.63, 3.8) is 0 Å². The fourth-order valence-electron chi connectivity index (χ4n) is 1.86. The standard InChI is InChI=1S/C14H18BrF2NO4/c1-3-21-11-7-9(8-18(2)5-4-12(19)20)6-10(15)13(11)22-14(16)17/h6-7,14H,3-5,8H2,1-2H3,(H,19,20). The molecule has 0 radical (unpaired) electrons. The molecule has 0 saturated carbocycles. The third-order valence-corrected chi connectivity index (χ3v) is 3.33. The first-order valence-corrected chi connectivity index (χ1v) is 7.43. The highest BCUT2D eigenvalue weighted by atomic mass is 79.9. The van der Waals surface area contributed by atoms with Crippen molar-refractivity contribution in [1.82, 2.24) is 4.90 Å². The first-order valence-electron chi connectivity index (χ1n) is 6.63. The van der Waals surface area contributed by atoms with Crippen LogP contribution in [0.15, 0.2) is 16.6 Å². The summed E-state index contributed by atoms with van der Waals surface area (Å²) in [6.45, 7) is -0.0528. The predicted molar refractivity (Wildman–Crippen MR) is 80.5 cm³/mol. The number of alkyl halides is 2. The van der Waals surface area contributed by atoms with Gasteiger partial charge in [0.1, 0.15) is 0 Å². The molecule has 22 heavy (non-hydrogen) atoms. The second kappa shape index (κ2) is 8.89. The van der Waals surface area contributed by atoms with Crippen LogP contribution in [0.5, 0.6) is 11.5 Å². The molecule has 1 aromatic rings. The van der Waals surface area contributed by atoms with E-state index in [2.05, 4.69) is 20.7 Å². The SMILES string of the molecule is CCOc1cc(CN(C)CCC(=O)O)cc(Br)c1OC(F)F. The van der Waals surface area contributed by atoms with Gasteiger partial charge in [-0.1, -0.05) is 0 Å². The van der Waals surface area contributed by atoms with E-state index in [1.165, 1.54) is 0 Å². The smallest absolute Gasteiger partial charge is 0.387 e. The molecular weight excluding hydrogens is 364 g/mol. The number of carbonyl (C=O) groups is 1. The molecule has 5 nitrogen and oxygen atoms in total. The fourth-order valence-corrected chi connectivity index (χ4v) is 2.44. The van der Waals surface area contributed by atoms with Gasteiger partial charge in [0, 0.05) is 13.1 Å². The Morgan fingerprint density at radius 1 is 1.45 bits per heavy atom. The van der Waals surface area contributed by atoms with Crippen molar-refractivity contribution in [3.8, 4) is 11.5 Å². The van der Waals surface area contributed by atoms with Crippen LogP contribution in [0.2, 0.25) is 0 Å². The Hall–Kier alpha value is -1.41. The van der Waals surface area contributed by atoms with Crippen LogP contribution in [0.3, 0.4) is 0 Å². The van der Waals surface area contributed by atoms with Crippen LogP contribution in [0.25, 0.3) is 0 Å². The van der Waals surface area contributed by atoms with Gasteiger partial charge in [-0.2, -0.15) is 8.78 Å². The lowest BCUT2D eigenvalue weighted by Gasteiger charge is -2.18. The molecule has 0 aliphatic carbocycles. The topological polar surface area (TPSA) is 59.0 Å². The van der Waals surface area contributed by atoms with E-state index in [1.807, 2.05) is 4.90 Å². The Kier molecular flexibility index (Phi) is 7.53. The van der Waals surface area contributed by atoms with Crippen LogP contribution in [0.4, 0.5) is 8.78 Å². The number of nitrogens with zero attached hydrogens (tertiary/aromatic N) is 1. The average molecular weight is 382 g/mol. The number of hydrogen-bond donors (Lipinski definition) is 1. The Morgan fingerprint density at radius 3 is 2.68 bits per heavy atom. The summed E-state index contributed by atoms with van der Waals surface area (Å²) >= 11 is 3.20. The lowest BCUT2D eigenvalue weighted by molar-refractivity contribution is -0.137. The summed E-state index contributed by atoms with van der Waals surface area (Å²) in [5.74, 6) is -0.698. The lowest BCUT2D eigenvalue weighted by Crippen LogP contribution is -2.21. The van der Waals surface area contributed by atoms with Gasteiger partial charge in [0.15, 0.2) is 11.5 Å². The summed E-state index contributed by atoms with van der Waals surface area (Å²) < 4.78 is 35.1. The minimum absolute atomic E-state index is 0.0303. The molecule has 8 heteroatoms. The molecule has 0 unspecified atom stereocenters. The number of carboxylic acid groups (broad SMARTS) is 1. The van der Waals surface area contributed by atoms with Crippen LogP contribution in [-0.4, -0.2) is 42.8 Å². The zero-order valence-corrected chi connectivity index (χ0v) is 13.9. The van der Waals surface area contributed by atoms with Crippen molar-refractivity contribution in [2.45, 2.75) is 26.5 Å². The maximum absolute atomic E-state index is 12.4. The quantitative estimate of drug-likeness (QED) is 0.710. The third kappa shape index (κ3) is 6.15. The molecule has 0 fully saturated rings. The number of aliphatic carboxylic acids is 1. The molecule has 1 rings (SSSR count). The van der Waals surface area contributed by atoms with Crippen LogP contribution in [-0.2, 0) is 11.3 Å². The van der Waals surface area contributed by atoms with Crippen LogP contribution < -0.4 is 9.47 Å². The van der Waals surface area contributed by atoms with Crippen LogP contribution >= 0.6 is 15.9 Å². The highest BCUT2D eigenvalue weighted by Gasteiger charge is 2.17. The maximum atomic E-state index is 12.4. The zero-order chi connectivity index (χ0) is 16.7. The minimum Gasteiger partial charge on any atom is -0.490 e. The molecule has 124 valence electrons. The minimum atomic E-state index is -2.94. The van der Waals surface area contributed by atoms with Crippen molar-refractivity contribution in [2.75, 3.05) is 20.2 Å². The molecular formula is C14H18BrF2NO4. The highest BCUT2D eigenvalue weighted by molar-refractivity contribution is 9.10. The van der Waals surface area contributed by atoms with E-state index < -0.39 is 12.6 Å². The van der Waals surface area contributed by atoms with E-state index in [-0.39, 0.29) is 17.9 Å². The number of halogens is 3. The highest BCUT2D eigenvalue weighted by Crippen LogP contribution is 2.38. The molecule has 0 aliphatic rings. The normalized spacial score (nSPS) is 11.0. The molecule has 0 aliphatic heterocycles. The Morgan fingerprint density at radius 2 is 2.14 bits per heavy atom. The molecule has 1 aromatic carbocycles. The average Bonchev–Trinajstić information content (AvgIpc) is 2.40. The molecule has 0 bridgehead atoms. The van der Waals surface area contributed by atoms with E-state index in [1.54, 1.807) is 26.1 Å². The maximum Gasteiger partial charge on any atom is 0.387 e. The van der Waals surface area contributed by atoms with E-state index in [0.717, 1.165) is 5.56 Å². The first-order chi connectivity index (χ1) is 10.3. The van der Waals surface area contributed by atoms with Crippen molar-refractivity contribution in [2.24, 2.45) is 0 Å². The van der Waals surface area contributed by atoms with Gasteiger partial charge in [-0.05, 0) is 47.6 Å². The van der Waals surface area contributed by atoms with Gasteiger partial charge in [0.05, 0.1) is 17.5 Å². The van der Waals surface area contributed by atoms with Crippen LogP contribution in [0.1, 0.15) is 18.9 Å². The Bertz CT molecular complexity index is 514. The third-order valence-electron chi connectivity index (χ3n) is 2.74. The summed E-state index contributed by atoms with van der Waals surface area (Å²) in [4.78, 5) is 12.4. The van der Waals surface area contributed by atoms with E-state index >= 15 is 0 Å². The van der Waals surface area contributed by atoms with Crippen molar-refractivity contribution >= 4 is 21.9 Å². The lowest BCUT2D eigenvalue weighted by atomic mass is 10.2. The Labute approximate surface area is 135 Å². The molecule has 0 spiro atoms. The summed E-state index contributed by atoms with van der Waals surface area (Å²) in [7, 11) is 1.78. The number of benzene rings is 1. The van der Waals surface area contributed by atoms with Gasteiger partial charge in [-0.15, -0.1) is 0 Å². The fraction of sp³-hybridized carbons (Fsp3) is 0.500. The number of hydrogen-bond acceptors (Lipinski definition) is 4. The van der Waals surface area contributed by atoms with Gasteiger partial charge in [0.25, 0.3) is 0 Å². The first kappa shape index (κ1) is 18.6. The largest absolute Gasteiger partial charge is 0.490 e. The molecule has 1 N–H and O–H groups in total. The summed E-state index contributed by atoms with van der Waals surface area (Å²) in [6, 6.07) is 3.26. The zero-order valence-electron chi connectivity index (χ0n) is 12.3. The van der Waals surface area contributed by atoms with Crippen molar-refractivity contribution in [1.29, 1.82) is 0 Å². The van der Waals surface area contributed by atoms with E-state index in [9.17, 15) is 13.6 Å². The molecule has 0 heterocycles. The second-order valence-electron chi connectivity index (χ2n) is 4.60. The number of rotatable bonds is 9. The summed E-state index contributed by atoms with van der Waals surface area (Å²) in [5, 5.41) is 8.67.